The minimum Gasteiger partial charge on any atom is -0.373 e. The second kappa shape index (κ2) is 5.76. The minimum atomic E-state index is 0.416. The number of hydrogen-bond acceptors (Lipinski definition) is 4. The molecule has 0 aliphatic heterocycles. The van der Waals surface area contributed by atoms with Gasteiger partial charge in [-0.05, 0) is 38.5 Å². The van der Waals surface area contributed by atoms with E-state index in [0.29, 0.717) is 12.0 Å². The van der Waals surface area contributed by atoms with Gasteiger partial charge in [0, 0.05) is 25.2 Å². The molecule has 0 saturated heterocycles. The Hall–Kier alpha value is -1.32. The molecule has 1 aliphatic carbocycles. The highest BCUT2D eigenvalue weighted by molar-refractivity contribution is 5.60. The highest BCUT2D eigenvalue weighted by atomic mass is 15.2. The predicted octanol–water partition coefficient (Wildman–Crippen LogP) is 3.27. The molecule has 19 heavy (non-hydrogen) atoms. The van der Waals surface area contributed by atoms with Gasteiger partial charge in [0.2, 0.25) is 0 Å². The molecule has 1 aromatic rings. The van der Waals surface area contributed by atoms with Crippen molar-refractivity contribution in [1.82, 2.24) is 9.97 Å². The smallest absolute Gasteiger partial charge is 0.137 e. The van der Waals surface area contributed by atoms with E-state index in [1.807, 2.05) is 7.05 Å². The van der Waals surface area contributed by atoms with Crippen molar-refractivity contribution in [2.24, 2.45) is 5.92 Å². The molecular weight excluding hydrogens is 236 g/mol. The monoisotopic (exact) mass is 262 g/mol. The van der Waals surface area contributed by atoms with E-state index < -0.39 is 0 Å². The Bertz CT molecular complexity index is 424. The zero-order valence-corrected chi connectivity index (χ0v) is 12.8. The lowest BCUT2D eigenvalue weighted by atomic mass is 10.0. The molecule has 0 aromatic carbocycles. The van der Waals surface area contributed by atoms with Gasteiger partial charge in [-0.3, -0.25) is 0 Å². The van der Waals surface area contributed by atoms with E-state index in [-0.39, 0.29) is 0 Å². The molecule has 0 bridgehead atoms. The number of nitrogens with one attached hydrogen (secondary N) is 1. The number of aromatic nitrogens is 2. The molecule has 0 amide bonds. The number of nitrogens with zero attached hydrogens (tertiary/aromatic N) is 3. The quantitative estimate of drug-likeness (QED) is 0.854. The third kappa shape index (κ3) is 3.17. The van der Waals surface area contributed by atoms with Crippen LogP contribution < -0.4 is 10.2 Å². The van der Waals surface area contributed by atoms with Crippen molar-refractivity contribution in [2.45, 2.75) is 52.5 Å². The van der Waals surface area contributed by atoms with E-state index in [0.717, 1.165) is 24.1 Å². The Balaban J connectivity index is 2.39. The molecule has 106 valence electrons. The molecule has 0 radical (unpaired) electrons. The van der Waals surface area contributed by atoms with Gasteiger partial charge in [0.15, 0.2) is 0 Å². The van der Waals surface area contributed by atoms with Gasteiger partial charge < -0.3 is 10.2 Å². The van der Waals surface area contributed by atoms with E-state index in [1.165, 1.54) is 18.4 Å². The van der Waals surface area contributed by atoms with Gasteiger partial charge in [0.1, 0.15) is 18.0 Å². The minimum absolute atomic E-state index is 0.416. The highest BCUT2D eigenvalue weighted by Crippen LogP contribution is 2.36. The summed E-state index contributed by atoms with van der Waals surface area (Å²) >= 11 is 0. The van der Waals surface area contributed by atoms with Gasteiger partial charge in [-0.1, -0.05) is 13.8 Å². The molecule has 0 atom stereocenters. The van der Waals surface area contributed by atoms with Crippen LogP contribution in [0.15, 0.2) is 6.33 Å². The van der Waals surface area contributed by atoms with E-state index in [4.69, 9.17) is 0 Å². The summed E-state index contributed by atoms with van der Waals surface area (Å²) in [6, 6.07) is 0.470. The topological polar surface area (TPSA) is 41.1 Å². The van der Waals surface area contributed by atoms with Crippen LogP contribution in [0.25, 0.3) is 0 Å². The molecule has 1 aromatic heterocycles. The first-order valence-corrected chi connectivity index (χ1v) is 7.33. The normalized spacial score (nSPS) is 15.1. The second-order valence-electron chi connectivity index (χ2n) is 6.05. The molecule has 1 saturated carbocycles. The molecule has 0 unspecified atom stereocenters. The summed E-state index contributed by atoms with van der Waals surface area (Å²) < 4.78 is 0. The summed E-state index contributed by atoms with van der Waals surface area (Å²) in [5.74, 6) is 3.34. The molecule has 1 heterocycles. The van der Waals surface area contributed by atoms with Crippen molar-refractivity contribution in [3.63, 3.8) is 0 Å². The van der Waals surface area contributed by atoms with Crippen LogP contribution in [-0.2, 0) is 0 Å². The number of rotatable bonds is 6. The SMILES string of the molecule is CNc1ncnc(N(CC2CC2)C(C)C)c1C(C)C. The Morgan fingerprint density at radius 2 is 1.95 bits per heavy atom. The Morgan fingerprint density at radius 1 is 1.26 bits per heavy atom. The van der Waals surface area contributed by atoms with E-state index in [2.05, 4.69) is 47.9 Å². The first-order chi connectivity index (χ1) is 9.04. The van der Waals surface area contributed by atoms with Crippen LogP contribution in [-0.4, -0.2) is 29.6 Å². The van der Waals surface area contributed by atoms with Crippen molar-refractivity contribution in [2.75, 3.05) is 23.8 Å². The molecular formula is C15H26N4. The second-order valence-corrected chi connectivity index (χ2v) is 6.05. The summed E-state index contributed by atoms with van der Waals surface area (Å²) in [7, 11) is 1.93. The Kier molecular flexibility index (Phi) is 4.27. The molecule has 1 fully saturated rings. The number of hydrogen-bond donors (Lipinski definition) is 1. The predicted molar refractivity (Wildman–Crippen MR) is 80.9 cm³/mol. The first-order valence-electron chi connectivity index (χ1n) is 7.33. The van der Waals surface area contributed by atoms with Crippen LogP contribution in [0.1, 0.15) is 52.0 Å². The maximum atomic E-state index is 4.59. The van der Waals surface area contributed by atoms with Gasteiger partial charge in [-0.2, -0.15) is 0 Å². The fourth-order valence-electron chi connectivity index (χ4n) is 2.47. The fraction of sp³-hybridized carbons (Fsp3) is 0.733. The Morgan fingerprint density at radius 3 is 2.42 bits per heavy atom. The van der Waals surface area contributed by atoms with E-state index >= 15 is 0 Å². The maximum absolute atomic E-state index is 4.59. The van der Waals surface area contributed by atoms with Gasteiger partial charge in [-0.25, -0.2) is 9.97 Å². The molecule has 4 nitrogen and oxygen atoms in total. The van der Waals surface area contributed by atoms with Crippen LogP contribution in [0.4, 0.5) is 11.6 Å². The summed E-state index contributed by atoms with van der Waals surface area (Å²) in [5.41, 5.74) is 1.24. The summed E-state index contributed by atoms with van der Waals surface area (Å²) in [5, 5.41) is 3.20. The van der Waals surface area contributed by atoms with Crippen molar-refractivity contribution in [3.8, 4) is 0 Å². The third-order valence-corrected chi connectivity index (χ3v) is 3.72. The van der Waals surface area contributed by atoms with Crippen LogP contribution in [0.5, 0.6) is 0 Å². The van der Waals surface area contributed by atoms with E-state index in [1.54, 1.807) is 6.33 Å². The van der Waals surface area contributed by atoms with Gasteiger partial charge >= 0.3 is 0 Å². The lowest BCUT2D eigenvalue weighted by Gasteiger charge is -2.31. The molecule has 0 spiro atoms. The molecule has 4 heteroatoms. The van der Waals surface area contributed by atoms with Crippen molar-refractivity contribution < 1.29 is 0 Å². The van der Waals surface area contributed by atoms with Crippen LogP contribution in [0.3, 0.4) is 0 Å². The average molecular weight is 262 g/mol. The summed E-state index contributed by atoms with van der Waals surface area (Å²) in [4.78, 5) is 11.4. The van der Waals surface area contributed by atoms with Gasteiger partial charge in [0.05, 0.1) is 0 Å². The van der Waals surface area contributed by atoms with Gasteiger partial charge in [-0.15, -0.1) is 0 Å². The van der Waals surface area contributed by atoms with Crippen molar-refractivity contribution in [1.29, 1.82) is 0 Å². The maximum Gasteiger partial charge on any atom is 0.137 e. The molecule has 1 N–H and O–H groups in total. The highest BCUT2D eigenvalue weighted by Gasteiger charge is 2.28. The third-order valence-electron chi connectivity index (χ3n) is 3.72. The first kappa shape index (κ1) is 14.1. The van der Waals surface area contributed by atoms with E-state index in [9.17, 15) is 0 Å². The lowest BCUT2D eigenvalue weighted by Crippen LogP contribution is -2.34. The van der Waals surface area contributed by atoms with Crippen LogP contribution in [0.2, 0.25) is 0 Å². The molecule has 1 aliphatic rings. The van der Waals surface area contributed by atoms with Crippen molar-refractivity contribution >= 4 is 11.6 Å². The Labute approximate surface area is 116 Å². The van der Waals surface area contributed by atoms with Crippen LogP contribution >= 0.6 is 0 Å². The van der Waals surface area contributed by atoms with Crippen molar-refractivity contribution in [3.05, 3.63) is 11.9 Å². The summed E-state index contributed by atoms with van der Waals surface area (Å²) in [6.07, 6.45) is 4.41. The largest absolute Gasteiger partial charge is 0.373 e. The molecule has 2 rings (SSSR count). The number of anilines is 2. The zero-order chi connectivity index (χ0) is 14.0. The zero-order valence-electron chi connectivity index (χ0n) is 12.8. The fourth-order valence-corrected chi connectivity index (χ4v) is 2.47. The van der Waals surface area contributed by atoms with Gasteiger partial charge in [0.25, 0.3) is 0 Å². The van der Waals surface area contributed by atoms with Crippen LogP contribution in [0, 0.1) is 5.92 Å². The standard InChI is InChI=1S/C15H26N4/c1-10(2)13-14(16-5)17-9-18-15(13)19(11(3)4)8-12-6-7-12/h9-12H,6-8H2,1-5H3,(H,16,17,18). The lowest BCUT2D eigenvalue weighted by molar-refractivity contribution is 0.628. The summed E-state index contributed by atoms with van der Waals surface area (Å²) in [6.45, 7) is 10.0. The average Bonchev–Trinajstić information content (AvgIpc) is 3.18.